The summed E-state index contributed by atoms with van der Waals surface area (Å²) in [6.45, 7) is 0. The Morgan fingerprint density at radius 1 is 1.43 bits per heavy atom. The molecular formula is C12H16N2O6S. The van der Waals surface area contributed by atoms with E-state index in [2.05, 4.69) is 0 Å². The fraction of sp³-hybridized carbons (Fsp3) is 0.417. The van der Waals surface area contributed by atoms with Crippen molar-refractivity contribution >= 4 is 23.4 Å². The Kier molecular flexibility index (Phi) is 6.25. The summed E-state index contributed by atoms with van der Waals surface area (Å²) < 4.78 is 10.1. The number of nitrogens with two attached hydrogens (primary N) is 1. The van der Waals surface area contributed by atoms with Gasteiger partial charge in [0.1, 0.15) is 6.04 Å². The quantitative estimate of drug-likeness (QED) is 0.542. The zero-order chi connectivity index (χ0) is 16.0. The Bertz CT molecular complexity index is 537. The molecule has 21 heavy (non-hydrogen) atoms. The van der Waals surface area contributed by atoms with Gasteiger partial charge in [0.05, 0.1) is 25.2 Å². The van der Waals surface area contributed by atoms with E-state index < -0.39 is 16.9 Å². The smallest absolute Gasteiger partial charge is 0.321 e. The molecule has 0 aliphatic heterocycles. The molecule has 9 heteroatoms. The van der Waals surface area contributed by atoms with Crippen LogP contribution in [-0.4, -0.2) is 42.0 Å². The summed E-state index contributed by atoms with van der Waals surface area (Å²) in [5, 5.41) is 19.8. The molecule has 8 nitrogen and oxygen atoms in total. The molecule has 0 aliphatic rings. The Labute approximate surface area is 125 Å². The molecule has 0 aliphatic carbocycles. The summed E-state index contributed by atoms with van der Waals surface area (Å²) in [7, 11) is 2.82. The Morgan fingerprint density at radius 3 is 2.48 bits per heavy atom. The first-order chi connectivity index (χ1) is 9.90. The number of rotatable bonds is 8. The second kappa shape index (κ2) is 7.70. The number of nitro groups is 1. The fourth-order valence-electron chi connectivity index (χ4n) is 1.56. The number of carbonyl (C=O) groups is 1. The summed E-state index contributed by atoms with van der Waals surface area (Å²) in [5.74, 6) is -0.0656. The van der Waals surface area contributed by atoms with Gasteiger partial charge in [-0.2, -0.15) is 11.8 Å². The average Bonchev–Trinajstić information content (AvgIpc) is 2.45. The van der Waals surface area contributed by atoms with Crippen molar-refractivity contribution in [3.8, 4) is 11.5 Å². The van der Waals surface area contributed by atoms with Gasteiger partial charge in [-0.25, -0.2) is 0 Å². The monoisotopic (exact) mass is 316 g/mol. The molecule has 0 saturated heterocycles. The van der Waals surface area contributed by atoms with Crippen LogP contribution < -0.4 is 15.2 Å². The second-order valence-electron chi connectivity index (χ2n) is 4.05. The molecule has 0 fully saturated rings. The molecule has 0 saturated carbocycles. The molecule has 0 aromatic heterocycles. The van der Waals surface area contributed by atoms with Gasteiger partial charge in [-0.15, -0.1) is 0 Å². The number of hydrogen-bond acceptors (Lipinski definition) is 7. The average molecular weight is 316 g/mol. The van der Waals surface area contributed by atoms with E-state index in [0.717, 1.165) is 0 Å². The molecule has 0 heterocycles. The van der Waals surface area contributed by atoms with Crippen LogP contribution in [0.4, 0.5) is 5.69 Å². The molecule has 0 spiro atoms. The topological polar surface area (TPSA) is 125 Å². The number of hydrogen-bond donors (Lipinski definition) is 2. The first-order valence-corrected chi connectivity index (χ1v) is 7.01. The molecule has 0 radical (unpaired) electrons. The Morgan fingerprint density at radius 2 is 2.00 bits per heavy atom. The first-order valence-electron chi connectivity index (χ1n) is 5.86. The van der Waals surface area contributed by atoms with Gasteiger partial charge < -0.3 is 20.3 Å². The number of carboxylic acid groups (broad SMARTS) is 1. The van der Waals surface area contributed by atoms with Crippen LogP contribution in [0, 0.1) is 10.1 Å². The van der Waals surface area contributed by atoms with Crippen molar-refractivity contribution in [1.29, 1.82) is 0 Å². The molecule has 1 atom stereocenters. The van der Waals surface area contributed by atoms with Crippen molar-refractivity contribution in [3.05, 3.63) is 27.8 Å². The maximum atomic E-state index is 11.1. The van der Waals surface area contributed by atoms with Crippen molar-refractivity contribution in [1.82, 2.24) is 0 Å². The Balaban J connectivity index is 2.94. The van der Waals surface area contributed by atoms with Gasteiger partial charge in [-0.3, -0.25) is 14.9 Å². The first kappa shape index (κ1) is 17.1. The molecule has 116 valence electrons. The van der Waals surface area contributed by atoms with Crippen LogP contribution in [0.5, 0.6) is 11.5 Å². The zero-order valence-electron chi connectivity index (χ0n) is 11.6. The number of thioether (sulfide) groups is 1. The van der Waals surface area contributed by atoms with E-state index in [4.69, 9.17) is 20.3 Å². The van der Waals surface area contributed by atoms with E-state index in [1.165, 1.54) is 38.1 Å². The van der Waals surface area contributed by atoms with Crippen molar-refractivity contribution < 1.29 is 24.3 Å². The van der Waals surface area contributed by atoms with E-state index in [0.29, 0.717) is 11.3 Å². The van der Waals surface area contributed by atoms with Crippen LogP contribution in [0.1, 0.15) is 5.56 Å². The normalized spacial score (nSPS) is 11.8. The molecule has 3 N–H and O–H groups in total. The van der Waals surface area contributed by atoms with Crippen LogP contribution in [-0.2, 0) is 10.5 Å². The highest BCUT2D eigenvalue weighted by Crippen LogP contribution is 2.36. The van der Waals surface area contributed by atoms with Crippen LogP contribution >= 0.6 is 11.8 Å². The summed E-state index contributed by atoms with van der Waals surface area (Å²) in [5.41, 5.74) is 5.69. The molecule has 1 unspecified atom stereocenters. The molecule has 0 amide bonds. The Hall–Kier alpha value is -2.00. The van der Waals surface area contributed by atoms with Crippen molar-refractivity contribution in [2.45, 2.75) is 11.8 Å². The standard InChI is InChI=1S/C12H16N2O6S/c1-19-10-3-7(5-21-6-8(13)12(15)16)9(14(17)18)4-11(10)20-2/h3-4,8H,5-6,13H2,1-2H3,(H,15,16). The lowest BCUT2D eigenvalue weighted by molar-refractivity contribution is -0.385. The van der Waals surface area contributed by atoms with Crippen molar-refractivity contribution in [3.63, 3.8) is 0 Å². The minimum atomic E-state index is -1.11. The molecule has 0 bridgehead atoms. The SMILES string of the molecule is COc1cc(CSCC(N)C(=O)O)c([N+](=O)[O-])cc1OC. The number of nitrogens with zero attached hydrogens (tertiary/aromatic N) is 1. The number of benzene rings is 1. The molecular weight excluding hydrogens is 300 g/mol. The predicted octanol–water partition coefficient (Wildman–Crippen LogP) is 1.26. The highest BCUT2D eigenvalue weighted by atomic mass is 32.2. The van der Waals surface area contributed by atoms with Crippen LogP contribution in [0.2, 0.25) is 0 Å². The van der Waals surface area contributed by atoms with Crippen LogP contribution in [0.3, 0.4) is 0 Å². The van der Waals surface area contributed by atoms with Crippen molar-refractivity contribution in [2.75, 3.05) is 20.0 Å². The van der Waals surface area contributed by atoms with Gasteiger partial charge >= 0.3 is 5.97 Å². The molecule has 1 aromatic rings. The van der Waals surface area contributed by atoms with Gasteiger partial charge in [0, 0.05) is 17.1 Å². The van der Waals surface area contributed by atoms with E-state index >= 15 is 0 Å². The van der Waals surface area contributed by atoms with E-state index in [-0.39, 0.29) is 22.9 Å². The highest BCUT2D eigenvalue weighted by Gasteiger charge is 2.20. The van der Waals surface area contributed by atoms with Crippen molar-refractivity contribution in [2.24, 2.45) is 5.73 Å². The number of methoxy groups -OCH3 is 2. The third-order valence-corrected chi connectivity index (χ3v) is 3.76. The third-order valence-electron chi connectivity index (χ3n) is 2.65. The lowest BCUT2D eigenvalue weighted by Gasteiger charge is -2.11. The maximum absolute atomic E-state index is 11.1. The lowest BCUT2D eigenvalue weighted by Crippen LogP contribution is -2.32. The predicted molar refractivity (Wildman–Crippen MR) is 78.0 cm³/mol. The van der Waals surface area contributed by atoms with Gasteiger partial charge in [0.15, 0.2) is 11.5 Å². The molecule has 1 aromatic carbocycles. The number of aliphatic carboxylic acids is 1. The van der Waals surface area contributed by atoms with Gasteiger partial charge in [-0.1, -0.05) is 0 Å². The summed E-state index contributed by atoms with van der Waals surface area (Å²) >= 11 is 1.20. The summed E-state index contributed by atoms with van der Waals surface area (Å²) in [6.07, 6.45) is 0. The number of ether oxygens (including phenoxy) is 2. The summed E-state index contributed by atoms with van der Waals surface area (Å²) in [6, 6.07) is 1.79. The fourth-order valence-corrected chi connectivity index (χ4v) is 2.53. The van der Waals surface area contributed by atoms with Gasteiger partial charge in [-0.05, 0) is 6.07 Å². The largest absolute Gasteiger partial charge is 0.493 e. The maximum Gasteiger partial charge on any atom is 0.321 e. The highest BCUT2D eigenvalue weighted by molar-refractivity contribution is 7.98. The van der Waals surface area contributed by atoms with Gasteiger partial charge in [0.2, 0.25) is 0 Å². The minimum absolute atomic E-state index is 0.107. The second-order valence-corrected chi connectivity index (χ2v) is 5.08. The molecule has 1 rings (SSSR count). The third kappa shape index (κ3) is 4.50. The summed E-state index contributed by atoms with van der Waals surface area (Å²) in [4.78, 5) is 21.2. The number of carboxylic acids is 1. The zero-order valence-corrected chi connectivity index (χ0v) is 12.4. The van der Waals surface area contributed by atoms with E-state index in [9.17, 15) is 14.9 Å². The number of nitro benzene ring substituents is 1. The van der Waals surface area contributed by atoms with Gasteiger partial charge in [0.25, 0.3) is 5.69 Å². The lowest BCUT2D eigenvalue weighted by atomic mass is 10.2. The van der Waals surface area contributed by atoms with E-state index in [1.807, 2.05) is 0 Å². The minimum Gasteiger partial charge on any atom is -0.493 e. The van der Waals surface area contributed by atoms with Crippen LogP contribution in [0.25, 0.3) is 0 Å². The van der Waals surface area contributed by atoms with E-state index in [1.54, 1.807) is 0 Å². The van der Waals surface area contributed by atoms with Crippen LogP contribution in [0.15, 0.2) is 12.1 Å².